The summed E-state index contributed by atoms with van der Waals surface area (Å²) >= 11 is 1.64. The van der Waals surface area contributed by atoms with E-state index in [2.05, 4.69) is 5.32 Å². The fraction of sp³-hybridized carbons (Fsp3) is 0.588. The zero-order valence-electron chi connectivity index (χ0n) is 14.0. The van der Waals surface area contributed by atoms with Crippen LogP contribution in [0.2, 0.25) is 0 Å². The summed E-state index contributed by atoms with van der Waals surface area (Å²) in [6.45, 7) is 8.23. The Kier molecular flexibility index (Phi) is 7.20. The van der Waals surface area contributed by atoms with E-state index in [1.165, 1.54) is 6.07 Å². The number of thioether (sulfide) groups is 1. The number of halogens is 1. The van der Waals surface area contributed by atoms with Gasteiger partial charge < -0.3 is 10.1 Å². The van der Waals surface area contributed by atoms with Gasteiger partial charge in [0.2, 0.25) is 5.91 Å². The molecule has 2 unspecified atom stereocenters. The molecule has 0 aliphatic heterocycles. The van der Waals surface area contributed by atoms with Gasteiger partial charge in [0.1, 0.15) is 6.61 Å². The monoisotopic (exact) mass is 327 g/mol. The molecule has 0 aliphatic rings. The molecule has 1 amide bonds. The fourth-order valence-electron chi connectivity index (χ4n) is 1.88. The third-order valence-electron chi connectivity index (χ3n) is 3.47. The van der Waals surface area contributed by atoms with Gasteiger partial charge in [-0.2, -0.15) is 11.8 Å². The van der Waals surface area contributed by atoms with E-state index in [9.17, 15) is 9.18 Å². The highest BCUT2D eigenvalue weighted by Gasteiger charge is 2.28. The van der Waals surface area contributed by atoms with Gasteiger partial charge in [-0.3, -0.25) is 4.79 Å². The molecule has 0 radical (unpaired) electrons. The molecule has 1 aromatic rings. The van der Waals surface area contributed by atoms with Crippen LogP contribution in [0, 0.1) is 17.2 Å². The molecule has 1 aromatic carbocycles. The first-order chi connectivity index (χ1) is 10.3. The Morgan fingerprint density at radius 1 is 1.36 bits per heavy atom. The quantitative estimate of drug-likeness (QED) is 0.829. The van der Waals surface area contributed by atoms with Crippen molar-refractivity contribution in [1.82, 2.24) is 5.32 Å². The second-order valence-corrected chi connectivity index (χ2v) is 7.44. The van der Waals surface area contributed by atoms with Crippen molar-refractivity contribution < 1.29 is 13.9 Å². The fourth-order valence-corrected chi connectivity index (χ4v) is 2.53. The van der Waals surface area contributed by atoms with Crippen LogP contribution in [0.25, 0.3) is 0 Å². The van der Waals surface area contributed by atoms with E-state index in [1.54, 1.807) is 30.0 Å². The summed E-state index contributed by atoms with van der Waals surface area (Å²) in [6, 6.07) is 6.11. The molecule has 0 heterocycles. The lowest BCUT2D eigenvalue weighted by Crippen LogP contribution is -2.49. The van der Waals surface area contributed by atoms with Crippen LogP contribution in [0.15, 0.2) is 24.3 Å². The molecule has 0 fully saturated rings. The lowest BCUT2D eigenvalue weighted by atomic mass is 9.87. The first-order valence-electron chi connectivity index (χ1n) is 7.42. The van der Waals surface area contributed by atoms with Crippen LogP contribution in [-0.2, 0) is 4.79 Å². The van der Waals surface area contributed by atoms with Crippen LogP contribution < -0.4 is 10.1 Å². The summed E-state index contributed by atoms with van der Waals surface area (Å²) in [4.78, 5) is 12.2. The number of carbonyl (C=O) groups is 1. The smallest absolute Gasteiger partial charge is 0.224 e. The average molecular weight is 327 g/mol. The second kappa shape index (κ2) is 8.42. The highest BCUT2D eigenvalue weighted by molar-refractivity contribution is 7.98. The molecule has 0 bridgehead atoms. The first kappa shape index (κ1) is 18.8. The minimum atomic E-state index is -0.391. The summed E-state index contributed by atoms with van der Waals surface area (Å²) in [7, 11) is 0. The number of rotatable bonds is 7. The topological polar surface area (TPSA) is 38.3 Å². The van der Waals surface area contributed by atoms with Crippen molar-refractivity contribution in [1.29, 1.82) is 0 Å². The zero-order chi connectivity index (χ0) is 16.8. The number of hydrogen-bond donors (Lipinski definition) is 1. The summed E-state index contributed by atoms with van der Waals surface area (Å²) in [6.07, 6.45) is 1.98. The van der Waals surface area contributed by atoms with E-state index in [0.717, 1.165) is 5.75 Å². The van der Waals surface area contributed by atoms with Crippen LogP contribution in [0.1, 0.15) is 27.7 Å². The Balaban J connectivity index is 2.70. The molecule has 22 heavy (non-hydrogen) atoms. The molecule has 0 saturated heterocycles. The Labute approximate surface area is 137 Å². The van der Waals surface area contributed by atoms with E-state index in [-0.39, 0.29) is 35.6 Å². The highest BCUT2D eigenvalue weighted by atomic mass is 32.2. The predicted molar refractivity (Wildman–Crippen MR) is 90.8 cm³/mol. The molecule has 1 N–H and O–H groups in total. The minimum Gasteiger partial charge on any atom is -0.488 e. The highest BCUT2D eigenvalue weighted by Crippen LogP contribution is 2.22. The second-order valence-electron chi connectivity index (χ2n) is 6.53. The molecule has 0 spiro atoms. The van der Waals surface area contributed by atoms with Crippen molar-refractivity contribution in [2.75, 3.05) is 18.6 Å². The molecule has 124 valence electrons. The van der Waals surface area contributed by atoms with Crippen molar-refractivity contribution >= 4 is 17.7 Å². The van der Waals surface area contributed by atoms with Gasteiger partial charge in [0.25, 0.3) is 0 Å². The van der Waals surface area contributed by atoms with Crippen molar-refractivity contribution in [3.63, 3.8) is 0 Å². The van der Waals surface area contributed by atoms with Crippen LogP contribution in [-0.4, -0.2) is 30.6 Å². The van der Waals surface area contributed by atoms with Crippen LogP contribution >= 0.6 is 11.8 Å². The zero-order valence-corrected chi connectivity index (χ0v) is 14.8. The van der Waals surface area contributed by atoms with Gasteiger partial charge in [0.15, 0.2) is 11.6 Å². The molecular weight excluding hydrogens is 301 g/mol. The Hall–Kier alpha value is -1.23. The third-order valence-corrected chi connectivity index (χ3v) is 4.30. The number of carbonyl (C=O) groups excluding carboxylic acids is 1. The van der Waals surface area contributed by atoms with E-state index < -0.39 is 5.82 Å². The lowest BCUT2D eigenvalue weighted by molar-refractivity contribution is -0.125. The minimum absolute atomic E-state index is 0.00593. The normalized spacial score (nSPS) is 14.3. The number of nitrogens with one attached hydrogen (secondary N) is 1. The van der Waals surface area contributed by atoms with Gasteiger partial charge in [0, 0.05) is 11.7 Å². The number of amides is 1. The molecule has 2 atom stereocenters. The summed E-state index contributed by atoms with van der Waals surface area (Å²) in [5.74, 6) is 0.539. The van der Waals surface area contributed by atoms with E-state index in [0.29, 0.717) is 0 Å². The number of ether oxygens (including phenoxy) is 1. The SMILES string of the molecule is CSCC(C)C(=O)NC(COc1ccccc1F)C(C)(C)C. The summed E-state index contributed by atoms with van der Waals surface area (Å²) < 4.78 is 19.2. The molecule has 1 rings (SSSR count). The number of para-hydroxylation sites is 1. The standard InChI is InChI=1S/C17H26FNO2S/c1-12(11-22-5)16(20)19-15(17(2,3)4)10-21-14-9-7-6-8-13(14)18/h6-9,12,15H,10-11H2,1-5H3,(H,19,20). The van der Waals surface area contributed by atoms with Gasteiger partial charge in [-0.25, -0.2) is 4.39 Å². The van der Waals surface area contributed by atoms with Gasteiger partial charge in [0.05, 0.1) is 6.04 Å². The van der Waals surface area contributed by atoms with Gasteiger partial charge in [-0.05, 0) is 23.8 Å². The van der Waals surface area contributed by atoms with Crippen molar-refractivity contribution in [2.45, 2.75) is 33.7 Å². The number of hydrogen-bond acceptors (Lipinski definition) is 3. The van der Waals surface area contributed by atoms with E-state index in [4.69, 9.17) is 4.74 Å². The molecule has 0 saturated carbocycles. The summed E-state index contributed by atoms with van der Waals surface area (Å²) in [5.41, 5.74) is -0.181. The molecule has 0 aromatic heterocycles. The van der Waals surface area contributed by atoms with E-state index in [1.807, 2.05) is 34.0 Å². The maximum absolute atomic E-state index is 13.6. The first-order valence-corrected chi connectivity index (χ1v) is 8.81. The predicted octanol–water partition coefficient (Wildman–Crippen LogP) is 3.73. The molecular formula is C17H26FNO2S. The molecule has 5 heteroatoms. The third kappa shape index (κ3) is 5.87. The largest absolute Gasteiger partial charge is 0.488 e. The molecule has 0 aliphatic carbocycles. The van der Waals surface area contributed by atoms with Crippen molar-refractivity contribution in [2.24, 2.45) is 11.3 Å². The maximum atomic E-state index is 13.6. The van der Waals surface area contributed by atoms with Gasteiger partial charge in [-0.1, -0.05) is 39.8 Å². The van der Waals surface area contributed by atoms with Crippen LogP contribution in [0.5, 0.6) is 5.75 Å². The van der Waals surface area contributed by atoms with E-state index >= 15 is 0 Å². The van der Waals surface area contributed by atoms with Gasteiger partial charge in [-0.15, -0.1) is 0 Å². The molecule has 3 nitrogen and oxygen atoms in total. The number of benzene rings is 1. The van der Waals surface area contributed by atoms with Crippen LogP contribution in [0.4, 0.5) is 4.39 Å². The van der Waals surface area contributed by atoms with Crippen LogP contribution in [0.3, 0.4) is 0 Å². The average Bonchev–Trinajstić information content (AvgIpc) is 2.43. The van der Waals surface area contributed by atoms with Gasteiger partial charge >= 0.3 is 0 Å². The maximum Gasteiger partial charge on any atom is 0.224 e. The summed E-state index contributed by atoms with van der Waals surface area (Å²) in [5, 5.41) is 3.03. The van der Waals surface area contributed by atoms with Crippen molar-refractivity contribution in [3.8, 4) is 5.75 Å². The Morgan fingerprint density at radius 2 is 2.00 bits per heavy atom. The Bertz CT molecular complexity index is 488. The lowest BCUT2D eigenvalue weighted by Gasteiger charge is -2.32. The Morgan fingerprint density at radius 3 is 2.55 bits per heavy atom. The van der Waals surface area contributed by atoms with Crippen molar-refractivity contribution in [3.05, 3.63) is 30.1 Å².